The predicted molar refractivity (Wildman–Crippen MR) is 118 cm³/mol. The van der Waals surface area contributed by atoms with E-state index in [1.807, 2.05) is 26.0 Å². The fourth-order valence-electron chi connectivity index (χ4n) is 4.99. The van der Waals surface area contributed by atoms with Gasteiger partial charge in [-0.15, -0.1) is 23.2 Å². The molecule has 2 aliphatic carbocycles. The molecule has 3 amide bonds. The first-order chi connectivity index (χ1) is 14.6. The van der Waals surface area contributed by atoms with E-state index in [4.69, 9.17) is 27.9 Å². The zero-order valence-electron chi connectivity index (χ0n) is 16.9. The molecule has 3 fully saturated rings. The van der Waals surface area contributed by atoms with E-state index in [1.54, 1.807) is 0 Å². The quantitative estimate of drug-likeness (QED) is 0.358. The molecular formula is C21H21BrCl2N2O5. The first-order valence-electron chi connectivity index (χ1n) is 9.95. The standard InChI is InChI=1S/C21H21BrCl2N2O5/c1-8-4-13(9(2)3-12(8)22)25-14(27)7-31-15(28)6-26-20(29)16-10-5-11(17(16)21(26)30)19(24)18(10)23/h3-4,10-11,16-19H,5-7H2,1-2H3,(H,25,27)/t10-,11-,16-,17-,18+,19+/m1/s1. The topological polar surface area (TPSA) is 92.8 Å². The number of halogens is 3. The highest BCUT2D eigenvalue weighted by Gasteiger charge is 2.66. The molecule has 0 spiro atoms. The maximum Gasteiger partial charge on any atom is 0.326 e. The summed E-state index contributed by atoms with van der Waals surface area (Å²) in [5.41, 5.74) is 2.41. The summed E-state index contributed by atoms with van der Waals surface area (Å²) in [6.45, 7) is 2.70. The molecule has 1 saturated heterocycles. The van der Waals surface area contributed by atoms with Crippen molar-refractivity contribution < 1.29 is 23.9 Å². The monoisotopic (exact) mass is 530 g/mol. The SMILES string of the molecule is Cc1cc(NC(=O)COC(=O)CN2C(=O)[C@@H]3[C@H]4C[C@@H]([C@H](Cl)[C@H]4Cl)[C@H]3C2=O)c(C)cc1Br. The average molecular weight is 532 g/mol. The van der Waals surface area contributed by atoms with Gasteiger partial charge in [-0.2, -0.15) is 0 Å². The molecule has 31 heavy (non-hydrogen) atoms. The van der Waals surface area contributed by atoms with Crippen LogP contribution in [0.2, 0.25) is 0 Å². The summed E-state index contributed by atoms with van der Waals surface area (Å²) in [6.07, 6.45) is 0.655. The third-order valence-electron chi connectivity index (χ3n) is 6.51. The highest BCUT2D eigenvalue weighted by Crippen LogP contribution is 2.59. The number of ether oxygens (including phenoxy) is 1. The van der Waals surface area contributed by atoms with Crippen molar-refractivity contribution in [2.45, 2.75) is 31.0 Å². The van der Waals surface area contributed by atoms with Gasteiger partial charge in [0.05, 0.1) is 22.6 Å². The molecule has 1 aromatic rings. The lowest BCUT2D eigenvalue weighted by atomic mass is 9.80. The molecule has 1 aliphatic heterocycles. The highest BCUT2D eigenvalue weighted by atomic mass is 79.9. The molecule has 1 N–H and O–H groups in total. The van der Waals surface area contributed by atoms with Crippen LogP contribution in [0.5, 0.6) is 0 Å². The smallest absolute Gasteiger partial charge is 0.326 e. The van der Waals surface area contributed by atoms with Crippen LogP contribution in [0.3, 0.4) is 0 Å². The Bertz CT molecular complexity index is 955. The largest absolute Gasteiger partial charge is 0.454 e. The third kappa shape index (κ3) is 3.87. The van der Waals surface area contributed by atoms with Gasteiger partial charge in [0, 0.05) is 10.2 Å². The highest BCUT2D eigenvalue weighted by molar-refractivity contribution is 9.10. The number of aryl methyl sites for hydroxylation is 2. The van der Waals surface area contributed by atoms with Gasteiger partial charge in [0.2, 0.25) is 11.8 Å². The second-order valence-electron chi connectivity index (χ2n) is 8.39. The average Bonchev–Trinajstić information content (AvgIpc) is 3.31. The fourth-order valence-corrected chi connectivity index (χ4v) is 6.34. The van der Waals surface area contributed by atoms with Crippen LogP contribution in [-0.2, 0) is 23.9 Å². The van der Waals surface area contributed by atoms with Gasteiger partial charge in [0.15, 0.2) is 6.61 Å². The Labute approximate surface area is 197 Å². The normalized spacial score (nSPS) is 31.2. The van der Waals surface area contributed by atoms with E-state index in [0.717, 1.165) is 20.5 Å². The van der Waals surface area contributed by atoms with E-state index < -0.39 is 48.7 Å². The number of carbonyl (C=O) groups excluding carboxylic acids is 4. The first-order valence-corrected chi connectivity index (χ1v) is 11.6. The second-order valence-corrected chi connectivity index (χ2v) is 10.3. The van der Waals surface area contributed by atoms with E-state index in [-0.39, 0.29) is 22.6 Å². The number of esters is 1. The molecule has 7 nitrogen and oxygen atoms in total. The summed E-state index contributed by atoms with van der Waals surface area (Å²) in [4.78, 5) is 50.9. The minimum atomic E-state index is -0.822. The lowest BCUT2D eigenvalue weighted by Gasteiger charge is -2.28. The number of fused-ring (bicyclic) bond motifs is 5. The number of amides is 3. The van der Waals surface area contributed by atoms with Crippen molar-refractivity contribution in [3.05, 3.63) is 27.7 Å². The summed E-state index contributed by atoms with van der Waals surface area (Å²) >= 11 is 16.1. The maximum absolute atomic E-state index is 12.8. The van der Waals surface area contributed by atoms with Crippen molar-refractivity contribution in [3.63, 3.8) is 0 Å². The lowest BCUT2D eigenvalue weighted by molar-refractivity contribution is -0.154. The third-order valence-corrected chi connectivity index (χ3v) is 8.68. The van der Waals surface area contributed by atoms with E-state index in [9.17, 15) is 19.2 Å². The number of rotatable bonds is 5. The zero-order chi connectivity index (χ0) is 22.6. The molecule has 2 saturated carbocycles. The molecule has 2 bridgehead atoms. The van der Waals surface area contributed by atoms with Crippen molar-refractivity contribution in [1.82, 2.24) is 4.90 Å². The number of likely N-dealkylation sites (tertiary alicyclic amines) is 1. The van der Waals surface area contributed by atoms with Gasteiger partial charge < -0.3 is 10.1 Å². The Morgan fingerprint density at radius 3 is 2.26 bits per heavy atom. The van der Waals surface area contributed by atoms with Crippen LogP contribution in [0.25, 0.3) is 0 Å². The molecule has 6 atom stereocenters. The van der Waals surface area contributed by atoms with E-state index in [0.29, 0.717) is 12.1 Å². The van der Waals surface area contributed by atoms with Crippen LogP contribution in [0.1, 0.15) is 17.5 Å². The van der Waals surface area contributed by atoms with Crippen molar-refractivity contribution in [3.8, 4) is 0 Å². The molecule has 1 aromatic carbocycles. The van der Waals surface area contributed by atoms with Crippen molar-refractivity contribution in [2.75, 3.05) is 18.5 Å². The summed E-state index contributed by atoms with van der Waals surface area (Å²) < 4.78 is 5.93. The van der Waals surface area contributed by atoms with E-state index in [1.165, 1.54) is 0 Å². The Kier molecular flexibility index (Phi) is 6.09. The van der Waals surface area contributed by atoms with Crippen molar-refractivity contribution in [2.24, 2.45) is 23.7 Å². The number of benzene rings is 1. The number of nitrogens with zero attached hydrogens (tertiary/aromatic N) is 1. The number of alkyl halides is 2. The van der Waals surface area contributed by atoms with Crippen molar-refractivity contribution in [1.29, 1.82) is 0 Å². The van der Waals surface area contributed by atoms with Gasteiger partial charge in [0.1, 0.15) is 6.54 Å². The second kappa shape index (κ2) is 8.37. The molecule has 10 heteroatoms. The van der Waals surface area contributed by atoms with Crippen molar-refractivity contribution >= 4 is 68.5 Å². The molecule has 3 aliphatic rings. The van der Waals surface area contributed by atoms with E-state index >= 15 is 0 Å². The van der Waals surface area contributed by atoms with Gasteiger partial charge in [0.25, 0.3) is 5.91 Å². The Morgan fingerprint density at radius 1 is 1.10 bits per heavy atom. The molecule has 0 unspecified atom stereocenters. The summed E-state index contributed by atoms with van der Waals surface area (Å²) in [7, 11) is 0. The molecule has 0 radical (unpaired) electrons. The maximum atomic E-state index is 12.8. The number of hydrogen-bond donors (Lipinski definition) is 1. The number of hydrogen-bond acceptors (Lipinski definition) is 5. The summed E-state index contributed by atoms with van der Waals surface area (Å²) in [5, 5.41) is 1.98. The van der Waals surface area contributed by atoms with Crippen LogP contribution >= 0.6 is 39.1 Å². The minimum absolute atomic E-state index is 0.153. The van der Waals surface area contributed by atoms with Gasteiger partial charge in [-0.1, -0.05) is 15.9 Å². The fraction of sp³-hybridized carbons (Fsp3) is 0.524. The summed E-state index contributed by atoms with van der Waals surface area (Å²) in [5.74, 6) is -3.48. The van der Waals surface area contributed by atoms with Crippen LogP contribution in [0.15, 0.2) is 16.6 Å². The van der Waals surface area contributed by atoms with Gasteiger partial charge >= 0.3 is 5.97 Å². The van der Waals surface area contributed by atoms with Crippen LogP contribution in [-0.4, -0.2) is 52.5 Å². The van der Waals surface area contributed by atoms with Gasteiger partial charge in [-0.3, -0.25) is 24.1 Å². The van der Waals surface area contributed by atoms with E-state index in [2.05, 4.69) is 21.2 Å². The molecule has 0 aromatic heterocycles. The Balaban J connectivity index is 1.33. The molecule has 4 rings (SSSR count). The molecule has 166 valence electrons. The van der Waals surface area contributed by atoms with Crippen LogP contribution < -0.4 is 5.32 Å². The number of nitrogens with one attached hydrogen (secondary N) is 1. The Morgan fingerprint density at radius 2 is 1.68 bits per heavy atom. The van der Waals surface area contributed by atoms with Crippen LogP contribution in [0.4, 0.5) is 5.69 Å². The van der Waals surface area contributed by atoms with Crippen LogP contribution in [0, 0.1) is 37.5 Å². The lowest BCUT2D eigenvalue weighted by Crippen LogP contribution is -2.38. The first kappa shape index (κ1) is 22.6. The molecule has 1 heterocycles. The number of imide groups is 1. The minimum Gasteiger partial charge on any atom is -0.454 e. The number of anilines is 1. The molecular weight excluding hydrogens is 511 g/mol. The zero-order valence-corrected chi connectivity index (χ0v) is 20.0. The summed E-state index contributed by atoms with van der Waals surface area (Å²) in [6, 6.07) is 3.68. The number of carbonyl (C=O) groups is 4. The van der Waals surface area contributed by atoms with Gasteiger partial charge in [-0.25, -0.2) is 0 Å². The van der Waals surface area contributed by atoms with Gasteiger partial charge in [-0.05, 0) is 55.4 Å². The Hall–Kier alpha value is -1.64. The predicted octanol–water partition coefficient (Wildman–Crippen LogP) is 3.01.